The van der Waals surface area contributed by atoms with Gasteiger partial charge in [-0.2, -0.15) is 0 Å². The van der Waals surface area contributed by atoms with Crippen LogP contribution in [0.2, 0.25) is 0 Å². The lowest BCUT2D eigenvalue weighted by molar-refractivity contribution is -0.117. The van der Waals surface area contributed by atoms with Crippen LogP contribution in [-0.4, -0.2) is 11.8 Å². The van der Waals surface area contributed by atoms with Gasteiger partial charge in [-0.3, -0.25) is 9.59 Å². The number of carbonyl (C=O) groups excluding carboxylic acids is 2. The Labute approximate surface area is 285 Å². The van der Waals surface area contributed by atoms with Crippen molar-refractivity contribution in [2.24, 2.45) is 11.8 Å². The van der Waals surface area contributed by atoms with E-state index in [2.05, 4.69) is 83.6 Å². The Hall–Kier alpha value is -4.78. The Bertz CT molecular complexity index is 1760. The van der Waals surface area contributed by atoms with E-state index in [9.17, 15) is 9.59 Å². The lowest BCUT2D eigenvalue weighted by Crippen LogP contribution is -2.16. The van der Waals surface area contributed by atoms with Crippen LogP contribution >= 0.6 is 0 Å². The second-order valence-electron chi connectivity index (χ2n) is 14.2. The molecular formula is C41H50N4O3. The minimum Gasteiger partial charge on any atom is -0.457 e. The molecule has 252 valence electrons. The zero-order valence-corrected chi connectivity index (χ0v) is 30.1. The maximum Gasteiger partial charge on any atom is 0.224 e. The van der Waals surface area contributed by atoms with Crippen LogP contribution in [0.3, 0.4) is 0 Å². The molecule has 4 aromatic carbocycles. The van der Waals surface area contributed by atoms with E-state index < -0.39 is 0 Å². The third-order valence-electron chi connectivity index (χ3n) is 8.93. The third kappa shape index (κ3) is 7.67. The van der Waals surface area contributed by atoms with E-state index in [1.807, 2.05) is 55.4 Å². The van der Waals surface area contributed by atoms with Crippen molar-refractivity contribution in [2.45, 2.75) is 88.5 Å². The second kappa shape index (κ2) is 14.1. The second-order valence-corrected chi connectivity index (χ2v) is 14.2. The van der Waals surface area contributed by atoms with E-state index in [4.69, 9.17) is 4.74 Å². The highest BCUT2D eigenvalue weighted by Gasteiger charge is 2.21. The first-order valence-corrected chi connectivity index (χ1v) is 17.0. The van der Waals surface area contributed by atoms with Crippen molar-refractivity contribution < 1.29 is 14.3 Å². The first-order valence-electron chi connectivity index (χ1n) is 17.0. The van der Waals surface area contributed by atoms with Gasteiger partial charge in [0.15, 0.2) is 0 Å². The van der Waals surface area contributed by atoms with E-state index in [0.29, 0.717) is 24.7 Å². The number of ether oxygens (including phenoxy) is 1. The molecule has 0 aromatic heterocycles. The van der Waals surface area contributed by atoms with E-state index >= 15 is 0 Å². The Morgan fingerprint density at radius 2 is 0.958 bits per heavy atom. The van der Waals surface area contributed by atoms with Crippen LogP contribution in [0.15, 0.2) is 48.5 Å². The van der Waals surface area contributed by atoms with Crippen LogP contribution in [0, 0.1) is 53.4 Å². The number of hydrogen-bond acceptors (Lipinski definition) is 5. The minimum atomic E-state index is 0.0299. The molecule has 4 aromatic rings. The molecule has 7 nitrogen and oxygen atoms in total. The summed E-state index contributed by atoms with van der Waals surface area (Å²) in [5, 5.41) is 13.5. The van der Waals surface area contributed by atoms with Crippen molar-refractivity contribution in [2.75, 3.05) is 21.3 Å². The maximum atomic E-state index is 12.6. The number of nitrogens with one attached hydrogen (secondary N) is 4. The zero-order chi connectivity index (χ0) is 34.9. The van der Waals surface area contributed by atoms with Gasteiger partial charge in [-0.1, -0.05) is 52.0 Å². The van der Waals surface area contributed by atoms with Gasteiger partial charge in [0, 0.05) is 65.5 Å². The third-order valence-corrected chi connectivity index (χ3v) is 8.93. The van der Waals surface area contributed by atoms with Gasteiger partial charge in [-0.05, 0) is 110 Å². The average molecular weight is 647 g/mol. The van der Waals surface area contributed by atoms with Crippen LogP contribution in [0.5, 0.6) is 11.5 Å². The lowest BCUT2D eigenvalue weighted by atomic mass is 9.98. The number of hydrogen-bond donors (Lipinski definition) is 4. The Kier molecular flexibility index (Phi) is 10.2. The monoisotopic (exact) mass is 646 g/mol. The molecule has 0 atom stereocenters. The first-order chi connectivity index (χ1) is 22.7. The Morgan fingerprint density at radius 1 is 0.583 bits per heavy atom. The smallest absolute Gasteiger partial charge is 0.224 e. The summed E-state index contributed by atoms with van der Waals surface area (Å²) in [5.74, 6) is 2.27. The predicted octanol–water partition coefficient (Wildman–Crippen LogP) is 10.7. The molecule has 4 N–H and O–H groups in total. The van der Waals surface area contributed by atoms with E-state index in [-0.39, 0.29) is 11.8 Å². The molecule has 0 saturated heterocycles. The largest absolute Gasteiger partial charge is 0.457 e. The van der Waals surface area contributed by atoms with Crippen molar-refractivity contribution in [3.05, 3.63) is 93.0 Å². The van der Waals surface area contributed by atoms with Crippen LogP contribution in [0.25, 0.3) is 0 Å². The van der Waals surface area contributed by atoms with Crippen molar-refractivity contribution in [3.63, 3.8) is 0 Å². The Morgan fingerprint density at radius 3 is 1.33 bits per heavy atom. The summed E-state index contributed by atoms with van der Waals surface area (Å²) in [5.41, 5.74) is 14.1. The molecule has 0 saturated carbocycles. The quantitative estimate of drug-likeness (QED) is 0.121. The average Bonchev–Trinajstić information content (AvgIpc) is 2.99. The summed E-state index contributed by atoms with van der Waals surface area (Å²) >= 11 is 0. The highest BCUT2D eigenvalue weighted by molar-refractivity contribution is 5.95. The summed E-state index contributed by atoms with van der Waals surface area (Å²) < 4.78 is 6.53. The van der Waals surface area contributed by atoms with Crippen LogP contribution in [-0.2, 0) is 16.0 Å². The fraction of sp³-hybridized carbons (Fsp3) is 0.366. The summed E-state index contributed by atoms with van der Waals surface area (Å²) in [6, 6.07) is 16.7. The predicted molar refractivity (Wildman–Crippen MR) is 200 cm³/mol. The van der Waals surface area contributed by atoms with Gasteiger partial charge in [0.25, 0.3) is 0 Å². The topological polar surface area (TPSA) is 91.5 Å². The van der Waals surface area contributed by atoms with Crippen molar-refractivity contribution in [1.82, 2.24) is 0 Å². The standard InChI is InChI=1S/C41H50N4O3/c1-22(2)15-36(46)44-40-26(7)17-24(5)38(28(40)9)42-32-13-11-30-19-31-12-14-33(21-35(31)48-34(30)20-32)43-39-25(6)18-27(8)41(29(39)10)45-37(47)16-23(3)4/h11-14,17-18,20-23,42-43H,15-16,19H2,1-10H3,(H,44,46)(H,45,47). The minimum absolute atomic E-state index is 0.0299. The molecule has 0 radical (unpaired) electrons. The molecule has 5 rings (SSSR count). The molecule has 1 heterocycles. The highest BCUT2D eigenvalue weighted by Crippen LogP contribution is 2.42. The van der Waals surface area contributed by atoms with Gasteiger partial charge in [-0.25, -0.2) is 0 Å². The van der Waals surface area contributed by atoms with Gasteiger partial charge in [0.05, 0.1) is 0 Å². The van der Waals surface area contributed by atoms with E-state index in [1.165, 1.54) is 0 Å². The summed E-state index contributed by atoms with van der Waals surface area (Å²) in [6.07, 6.45) is 1.74. The van der Waals surface area contributed by atoms with Gasteiger partial charge >= 0.3 is 0 Å². The van der Waals surface area contributed by atoms with Crippen LogP contribution in [0.1, 0.15) is 85.0 Å². The molecule has 0 bridgehead atoms. The molecule has 0 fully saturated rings. The number of rotatable bonds is 10. The molecule has 7 heteroatoms. The van der Waals surface area contributed by atoms with Crippen LogP contribution in [0.4, 0.5) is 34.1 Å². The number of fused-ring (bicyclic) bond motifs is 2. The molecule has 0 aliphatic carbocycles. The summed E-state index contributed by atoms with van der Waals surface area (Å²) in [6.45, 7) is 20.5. The maximum absolute atomic E-state index is 12.6. The zero-order valence-electron chi connectivity index (χ0n) is 30.1. The number of carbonyl (C=O) groups is 2. The normalized spacial score (nSPS) is 11.9. The lowest BCUT2D eigenvalue weighted by Gasteiger charge is -2.24. The van der Waals surface area contributed by atoms with E-state index in [0.717, 1.165) is 96.6 Å². The number of benzene rings is 4. The summed E-state index contributed by atoms with van der Waals surface area (Å²) in [7, 11) is 0. The molecule has 2 amide bonds. The fourth-order valence-electron chi connectivity index (χ4n) is 6.62. The molecule has 0 spiro atoms. The van der Waals surface area contributed by atoms with Gasteiger partial charge < -0.3 is 26.0 Å². The fourth-order valence-corrected chi connectivity index (χ4v) is 6.62. The van der Waals surface area contributed by atoms with Crippen molar-refractivity contribution in [3.8, 4) is 11.5 Å². The first kappa shape index (κ1) is 34.6. The highest BCUT2D eigenvalue weighted by atomic mass is 16.5. The number of aryl methyl sites for hydroxylation is 4. The van der Waals surface area contributed by atoms with Crippen LogP contribution < -0.4 is 26.0 Å². The number of anilines is 6. The molecule has 1 aliphatic rings. The molecule has 1 aliphatic heterocycles. The van der Waals surface area contributed by atoms with Crippen molar-refractivity contribution >= 4 is 45.9 Å². The Balaban J connectivity index is 1.37. The summed E-state index contributed by atoms with van der Waals surface area (Å²) in [4.78, 5) is 25.3. The molecule has 0 unspecified atom stereocenters. The number of amides is 2. The van der Waals surface area contributed by atoms with Crippen molar-refractivity contribution in [1.29, 1.82) is 0 Å². The van der Waals surface area contributed by atoms with E-state index in [1.54, 1.807) is 0 Å². The van der Waals surface area contributed by atoms with Gasteiger partial charge in [0.2, 0.25) is 11.8 Å². The SMILES string of the molecule is Cc1cc(C)c(Nc2ccc3c(c2)Oc2cc(Nc4c(C)cc(C)c(NC(=O)CC(C)C)c4C)ccc2C3)c(C)c1NC(=O)CC(C)C. The van der Waals surface area contributed by atoms with Gasteiger partial charge in [0.1, 0.15) is 11.5 Å². The molecule has 48 heavy (non-hydrogen) atoms. The molecular weight excluding hydrogens is 596 g/mol. The van der Waals surface area contributed by atoms with Gasteiger partial charge in [-0.15, -0.1) is 0 Å².